The maximum Gasteiger partial charge on any atom is 0.248 e. The number of rotatable bonds is 2. The van der Waals surface area contributed by atoms with Gasteiger partial charge in [-0.1, -0.05) is 12.1 Å². The van der Waals surface area contributed by atoms with Crippen LogP contribution < -0.4 is 5.43 Å². The van der Waals surface area contributed by atoms with E-state index >= 15 is 0 Å². The summed E-state index contributed by atoms with van der Waals surface area (Å²) in [5.74, 6) is 0.327. The van der Waals surface area contributed by atoms with Gasteiger partial charge in [0.25, 0.3) is 0 Å². The van der Waals surface area contributed by atoms with E-state index in [1.165, 1.54) is 4.52 Å². The highest BCUT2D eigenvalue weighted by molar-refractivity contribution is 6.03. The van der Waals surface area contributed by atoms with Crippen LogP contribution in [0.1, 0.15) is 18.7 Å². The summed E-state index contributed by atoms with van der Waals surface area (Å²) < 4.78 is 1.51. The van der Waals surface area contributed by atoms with Gasteiger partial charge < -0.3 is 0 Å². The highest BCUT2D eigenvalue weighted by Gasteiger charge is 2.30. The molecule has 2 aromatic heterocycles. The first-order chi connectivity index (χ1) is 10.6. The van der Waals surface area contributed by atoms with Gasteiger partial charge in [0.1, 0.15) is 5.82 Å². The van der Waals surface area contributed by atoms with E-state index in [1.807, 2.05) is 24.3 Å². The molecular weight excluding hydrogens is 284 g/mol. The van der Waals surface area contributed by atoms with Gasteiger partial charge in [-0.3, -0.25) is 15.0 Å². The van der Waals surface area contributed by atoms with Gasteiger partial charge in [0, 0.05) is 18.2 Å². The fourth-order valence-corrected chi connectivity index (χ4v) is 2.53. The molecule has 1 aliphatic heterocycles. The molecule has 4 rings (SSSR count). The molecule has 0 bridgehead atoms. The van der Waals surface area contributed by atoms with Crippen molar-refractivity contribution in [2.45, 2.75) is 19.8 Å². The maximum atomic E-state index is 11.8. The van der Waals surface area contributed by atoms with Crippen molar-refractivity contribution < 1.29 is 9.59 Å². The van der Waals surface area contributed by atoms with E-state index in [-0.39, 0.29) is 30.6 Å². The first-order valence-electron chi connectivity index (χ1n) is 6.88. The molecule has 0 saturated carbocycles. The molecule has 0 spiro atoms. The van der Waals surface area contributed by atoms with E-state index in [1.54, 1.807) is 6.92 Å². The number of nitrogens with zero attached hydrogens (tertiary/aromatic N) is 5. The zero-order chi connectivity index (χ0) is 15.3. The monoisotopic (exact) mass is 296 g/mol. The van der Waals surface area contributed by atoms with E-state index in [0.717, 1.165) is 10.4 Å². The Bertz CT molecular complexity index is 916. The Morgan fingerprint density at radius 1 is 1.09 bits per heavy atom. The first-order valence-corrected chi connectivity index (χ1v) is 6.88. The van der Waals surface area contributed by atoms with Gasteiger partial charge in [-0.25, -0.2) is 9.97 Å². The average molecular weight is 296 g/mol. The lowest BCUT2D eigenvalue weighted by atomic mass is 10.2. The Hall–Kier alpha value is -3.03. The van der Waals surface area contributed by atoms with Gasteiger partial charge >= 0.3 is 0 Å². The SMILES string of the molecule is Cc1nc2c3ccccc3nc(NN3C(=O)CCC3=O)n2n1. The Kier molecular flexibility index (Phi) is 2.59. The number of aromatic nitrogens is 4. The van der Waals surface area contributed by atoms with Crippen molar-refractivity contribution >= 4 is 34.3 Å². The fraction of sp³-hybridized carbons (Fsp3) is 0.214. The van der Waals surface area contributed by atoms with Gasteiger partial charge in [0.15, 0.2) is 5.65 Å². The van der Waals surface area contributed by atoms with Crippen LogP contribution in [0.4, 0.5) is 5.95 Å². The molecule has 1 aromatic carbocycles. The second kappa shape index (κ2) is 4.48. The number of hydrogen-bond acceptors (Lipinski definition) is 6. The number of para-hydroxylation sites is 1. The third-order valence-electron chi connectivity index (χ3n) is 3.55. The standard InChI is InChI=1S/C14H12N6O2/c1-8-15-13-9-4-2-3-5-10(9)16-14(20(13)17-8)18-19-11(21)6-7-12(19)22/h2-5H,6-7H2,1H3,(H,16,18). The number of fused-ring (bicyclic) bond motifs is 3. The van der Waals surface area contributed by atoms with Crippen molar-refractivity contribution in [3.8, 4) is 0 Å². The number of benzene rings is 1. The molecule has 3 aromatic rings. The van der Waals surface area contributed by atoms with E-state index < -0.39 is 0 Å². The van der Waals surface area contributed by atoms with Crippen LogP contribution in [-0.4, -0.2) is 36.4 Å². The Morgan fingerprint density at radius 2 is 1.82 bits per heavy atom. The molecule has 8 heteroatoms. The van der Waals surface area contributed by atoms with E-state index in [2.05, 4.69) is 20.5 Å². The number of aryl methyl sites for hydroxylation is 1. The molecule has 1 saturated heterocycles. The Labute approximate surface area is 124 Å². The molecule has 0 unspecified atom stereocenters. The largest absolute Gasteiger partial charge is 0.273 e. The third-order valence-corrected chi connectivity index (χ3v) is 3.55. The number of anilines is 1. The molecule has 110 valence electrons. The topological polar surface area (TPSA) is 92.5 Å². The van der Waals surface area contributed by atoms with Crippen molar-refractivity contribution in [2.75, 3.05) is 5.43 Å². The summed E-state index contributed by atoms with van der Waals surface area (Å²) in [4.78, 5) is 32.4. The van der Waals surface area contributed by atoms with Crippen LogP contribution in [0, 0.1) is 6.92 Å². The van der Waals surface area contributed by atoms with Gasteiger partial charge in [-0.2, -0.15) is 9.52 Å². The summed E-state index contributed by atoms with van der Waals surface area (Å²) in [5.41, 5.74) is 4.11. The van der Waals surface area contributed by atoms with Gasteiger partial charge in [0.05, 0.1) is 5.52 Å². The van der Waals surface area contributed by atoms with E-state index in [9.17, 15) is 9.59 Å². The van der Waals surface area contributed by atoms with E-state index in [0.29, 0.717) is 17.0 Å². The van der Waals surface area contributed by atoms with Crippen molar-refractivity contribution in [3.05, 3.63) is 30.1 Å². The van der Waals surface area contributed by atoms with Crippen LogP contribution in [0.5, 0.6) is 0 Å². The number of amides is 2. The molecule has 0 atom stereocenters. The minimum absolute atomic E-state index is 0.207. The van der Waals surface area contributed by atoms with Crippen molar-refractivity contribution in [1.29, 1.82) is 0 Å². The Balaban J connectivity index is 1.92. The van der Waals surface area contributed by atoms with Gasteiger partial charge in [-0.15, -0.1) is 5.10 Å². The average Bonchev–Trinajstić information content (AvgIpc) is 3.04. The number of imide groups is 1. The second-order valence-electron chi connectivity index (χ2n) is 5.08. The fourth-order valence-electron chi connectivity index (χ4n) is 2.53. The summed E-state index contributed by atoms with van der Waals surface area (Å²) in [6.07, 6.45) is 0.415. The molecule has 2 amide bonds. The zero-order valence-electron chi connectivity index (χ0n) is 11.8. The second-order valence-corrected chi connectivity index (χ2v) is 5.08. The summed E-state index contributed by atoms with van der Waals surface area (Å²) in [7, 11) is 0. The number of nitrogens with one attached hydrogen (secondary N) is 1. The van der Waals surface area contributed by atoms with Gasteiger partial charge in [-0.05, 0) is 19.1 Å². The quantitative estimate of drug-likeness (QED) is 0.711. The van der Waals surface area contributed by atoms with E-state index in [4.69, 9.17) is 0 Å². The lowest BCUT2D eigenvalue weighted by molar-refractivity contribution is -0.136. The highest BCUT2D eigenvalue weighted by atomic mass is 16.2. The van der Waals surface area contributed by atoms with Crippen LogP contribution in [0.2, 0.25) is 0 Å². The number of hydrogen-bond donors (Lipinski definition) is 1. The minimum atomic E-state index is -0.273. The molecule has 1 fully saturated rings. The number of carbonyl (C=O) groups is 2. The molecule has 0 aliphatic carbocycles. The van der Waals surface area contributed by atoms with Crippen molar-refractivity contribution in [2.24, 2.45) is 0 Å². The minimum Gasteiger partial charge on any atom is -0.273 e. The summed E-state index contributed by atoms with van der Waals surface area (Å²) >= 11 is 0. The first kappa shape index (κ1) is 12.7. The van der Waals surface area contributed by atoms with Crippen LogP contribution in [0.15, 0.2) is 24.3 Å². The highest BCUT2D eigenvalue weighted by Crippen LogP contribution is 2.22. The van der Waals surface area contributed by atoms with Crippen LogP contribution in [0.3, 0.4) is 0 Å². The molecule has 3 heterocycles. The lowest BCUT2D eigenvalue weighted by Crippen LogP contribution is -2.36. The van der Waals surface area contributed by atoms with Crippen LogP contribution in [0.25, 0.3) is 16.6 Å². The predicted octanol–water partition coefficient (Wildman–Crippen LogP) is 1.06. The molecule has 1 N–H and O–H groups in total. The third kappa shape index (κ3) is 1.80. The smallest absolute Gasteiger partial charge is 0.248 e. The summed E-state index contributed by atoms with van der Waals surface area (Å²) in [6.45, 7) is 1.78. The summed E-state index contributed by atoms with van der Waals surface area (Å²) in [5, 5.41) is 6.13. The summed E-state index contributed by atoms with van der Waals surface area (Å²) in [6, 6.07) is 7.51. The normalized spacial score (nSPS) is 15.2. The van der Waals surface area contributed by atoms with Gasteiger partial charge in [0.2, 0.25) is 17.8 Å². The number of hydrazine groups is 1. The molecule has 1 aliphatic rings. The maximum absolute atomic E-state index is 11.8. The van der Waals surface area contributed by atoms with Crippen molar-refractivity contribution in [1.82, 2.24) is 24.6 Å². The lowest BCUT2D eigenvalue weighted by Gasteiger charge is -2.16. The van der Waals surface area contributed by atoms with Crippen molar-refractivity contribution in [3.63, 3.8) is 0 Å². The Morgan fingerprint density at radius 3 is 2.59 bits per heavy atom. The molecule has 0 radical (unpaired) electrons. The zero-order valence-corrected chi connectivity index (χ0v) is 11.8. The molecular formula is C14H12N6O2. The molecule has 8 nitrogen and oxygen atoms in total. The predicted molar refractivity (Wildman–Crippen MR) is 77.7 cm³/mol. The van der Waals surface area contributed by atoms with Crippen LogP contribution in [-0.2, 0) is 9.59 Å². The number of carbonyl (C=O) groups excluding carboxylic acids is 2. The van der Waals surface area contributed by atoms with Crippen LogP contribution >= 0.6 is 0 Å². The molecule has 22 heavy (non-hydrogen) atoms.